The van der Waals surface area contributed by atoms with Crippen molar-refractivity contribution >= 4 is 22.8 Å². The fourth-order valence-corrected chi connectivity index (χ4v) is 2.78. The summed E-state index contributed by atoms with van der Waals surface area (Å²) in [7, 11) is 0. The minimum Gasteiger partial charge on any atom is -0.325 e. The average Bonchev–Trinajstić information content (AvgIpc) is 3.11. The van der Waals surface area contributed by atoms with Crippen molar-refractivity contribution in [3.05, 3.63) is 82.4 Å². The molecule has 8 nitrogen and oxygen atoms in total. The molecule has 1 N–H and O–H groups in total. The number of anilines is 1. The molecule has 0 spiro atoms. The lowest BCUT2D eigenvalue weighted by atomic mass is 10.2. The Balaban J connectivity index is 1.55. The molecule has 0 unspecified atom stereocenters. The first-order chi connectivity index (χ1) is 14.0. The van der Waals surface area contributed by atoms with Crippen molar-refractivity contribution in [3.8, 4) is 0 Å². The normalized spacial score (nSPS) is 11.0. The van der Waals surface area contributed by atoms with E-state index in [1.807, 2.05) is 0 Å². The minimum atomic E-state index is -0.552. The number of rotatable bonds is 5. The van der Waals surface area contributed by atoms with Crippen LogP contribution in [0.1, 0.15) is 5.56 Å². The molecule has 0 aliphatic heterocycles. The SMILES string of the molecule is O=C(Cn1cnc2c(nnn2Cc2ccccc2F)c1=O)Nc1ccc(F)cc1. The van der Waals surface area contributed by atoms with Gasteiger partial charge in [0.05, 0.1) is 6.54 Å². The summed E-state index contributed by atoms with van der Waals surface area (Å²) < 4.78 is 29.2. The molecule has 0 saturated heterocycles. The number of halogens is 2. The third-order valence-corrected chi connectivity index (χ3v) is 4.21. The summed E-state index contributed by atoms with van der Waals surface area (Å²) in [5.74, 6) is -1.31. The summed E-state index contributed by atoms with van der Waals surface area (Å²) in [4.78, 5) is 28.9. The third kappa shape index (κ3) is 3.86. The topological polar surface area (TPSA) is 94.7 Å². The highest BCUT2D eigenvalue weighted by atomic mass is 19.1. The fraction of sp³-hybridized carbons (Fsp3) is 0.105. The van der Waals surface area contributed by atoms with Crippen LogP contribution < -0.4 is 10.9 Å². The molecule has 4 aromatic rings. The van der Waals surface area contributed by atoms with E-state index in [0.29, 0.717) is 11.3 Å². The van der Waals surface area contributed by atoms with Crippen LogP contribution in [0.5, 0.6) is 0 Å². The highest BCUT2D eigenvalue weighted by molar-refractivity contribution is 5.90. The summed E-state index contributed by atoms with van der Waals surface area (Å²) in [5.41, 5.74) is 0.383. The van der Waals surface area contributed by atoms with Gasteiger partial charge in [-0.2, -0.15) is 0 Å². The molecule has 10 heteroatoms. The van der Waals surface area contributed by atoms with E-state index in [0.717, 1.165) is 4.57 Å². The Morgan fingerprint density at radius 2 is 1.83 bits per heavy atom. The van der Waals surface area contributed by atoms with E-state index in [1.54, 1.807) is 18.2 Å². The molecule has 2 aromatic heterocycles. The van der Waals surface area contributed by atoms with Gasteiger partial charge < -0.3 is 5.32 Å². The lowest BCUT2D eigenvalue weighted by molar-refractivity contribution is -0.116. The smallest absolute Gasteiger partial charge is 0.283 e. The highest BCUT2D eigenvalue weighted by Crippen LogP contribution is 2.11. The van der Waals surface area contributed by atoms with Crippen LogP contribution in [-0.4, -0.2) is 30.5 Å². The Morgan fingerprint density at radius 1 is 1.07 bits per heavy atom. The van der Waals surface area contributed by atoms with Gasteiger partial charge in [0.1, 0.15) is 24.5 Å². The van der Waals surface area contributed by atoms with E-state index in [4.69, 9.17) is 0 Å². The third-order valence-electron chi connectivity index (χ3n) is 4.21. The van der Waals surface area contributed by atoms with Crippen molar-refractivity contribution < 1.29 is 13.6 Å². The van der Waals surface area contributed by atoms with Crippen LogP contribution in [0, 0.1) is 11.6 Å². The van der Waals surface area contributed by atoms with Crippen LogP contribution in [0.25, 0.3) is 11.2 Å². The Bertz CT molecular complexity index is 1250. The van der Waals surface area contributed by atoms with E-state index < -0.39 is 23.1 Å². The number of nitrogens with one attached hydrogen (secondary N) is 1. The van der Waals surface area contributed by atoms with Gasteiger partial charge in [-0.15, -0.1) is 5.10 Å². The van der Waals surface area contributed by atoms with E-state index in [2.05, 4.69) is 20.6 Å². The predicted molar refractivity (Wildman–Crippen MR) is 100 cm³/mol. The zero-order valence-electron chi connectivity index (χ0n) is 14.9. The van der Waals surface area contributed by atoms with Crippen molar-refractivity contribution in [2.45, 2.75) is 13.1 Å². The molecule has 146 valence electrons. The van der Waals surface area contributed by atoms with Gasteiger partial charge in [0.2, 0.25) is 5.91 Å². The molecular formula is C19H14F2N6O2. The Morgan fingerprint density at radius 3 is 2.59 bits per heavy atom. The van der Waals surface area contributed by atoms with Gasteiger partial charge in [-0.1, -0.05) is 23.4 Å². The zero-order valence-corrected chi connectivity index (χ0v) is 14.9. The van der Waals surface area contributed by atoms with Crippen molar-refractivity contribution in [1.82, 2.24) is 24.5 Å². The zero-order chi connectivity index (χ0) is 20.4. The van der Waals surface area contributed by atoms with Gasteiger partial charge in [-0.25, -0.2) is 18.4 Å². The standard InChI is InChI=1S/C19H14F2N6O2/c20-13-5-7-14(8-6-13)23-16(28)10-26-11-22-18-17(19(26)29)24-25-27(18)9-12-3-1-2-4-15(12)21/h1-8,11H,9-10H2,(H,23,28). The molecule has 0 radical (unpaired) electrons. The predicted octanol–water partition coefficient (Wildman–Crippen LogP) is 1.95. The van der Waals surface area contributed by atoms with Gasteiger partial charge in [0.25, 0.3) is 5.56 Å². The molecule has 0 aliphatic rings. The molecular weight excluding hydrogens is 382 g/mol. The van der Waals surface area contributed by atoms with Crippen molar-refractivity contribution in [2.75, 3.05) is 5.32 Å². The number of hydrogen-bond donors (Lipinski definition) is 1. The first-order valence-corrected chi connectivity index (χ1v) is 8.59. The van der Waals surface area contributed by atoms with Crippen molar-refractivity contribution in [1.29, 1.82) is 0 Å². The van der Waals surface area contributed by atoms with Gasteiger partial charge in [-0.05, 0) is 30.3 Å². The summed E-state index contributed by atoms with van der Waals surface area (Å²) in [6.07, 6.45) is 1.20. The molecule has 2 aromatic carbocycles. The Labute approximate surface area is 162 Å². The van der Waals surface area contributed by atoms with Crippen LogP contribution >= 0.6 is 0 Å². The summed E-state index contributed by atoms with van der Waals surface area (Å²) >= 11 is 0. The fourth-order valence-electron chi connectivity index (χ4n) is 2.78. The first-order valence-electron chi connectivity index (χ1n) is 8.59. The summed E-state index contributed by atoms with van der Waals surface area (Å²) in [5, 5.41) is 10.3. The number of nitrogens with zero attached hydrogens (tertiary/aromatic N) is 5. The van der Waals surface area contributed by atoms with Crippen LogP contribution in [0.4, 0.5) is 14.5 Å². The average molecular weight is 396 g/mol. The van der Waals surface area contributed by atoms with Crippen LogP contribution in [0.2, 0.25) is 0 Å². The van der Waals surface area contributed by atoms with Gasteiger partial charge in [0, 0.05) is 11.3 Å². The molecule has 0 bridgehead atoms. The number of carbonyl (C=O) groups excluding carboxylic acids is 1. The molecule has 0 aliphatic carbocycles. The Hall–Kier alpha value is -3.95. The molecule has 4 rings (SSSR count). The van der Waals surface area contributed by atoms with Gasteiger partial charge in [-0.3, -0.25) is 14.2 Å². The highest BCUT2D eigenvalue weighted by Gasteiger charge is 2.15. The summed E-state index contributed by atoms with van der Waals surface area (Å²) in [6, 6.07) is 11.4. The molecule has 2 heterocycles. The second-order valence-electron chi connectivity index (χ2n) is 6.24. The molecule has 0 fully saturated rings. The maximum atomic E-state index is 13.9. The van der Waals surface area contributed by atoms with Crippen LogP contribution in [-0.2, 0) is 17.9 Å². The van der Waals surface area contributed by atoms with E-state index in [1.165, 1.54) is 41.3 Å². The second-order valence-corrected chi connectivity index (χ2v) is 6.24. The van der Waals surface area contributed by atoms with Crippen molar-refractivity contribution in [2.24, 2.45) is 0 Å². The van der Waals surface area contributed by atoms with E-state index in [9.17, 15) is 18.4 Å². The van der Waals surface area contributed by atoms with Crippen LogP contribution in [0.3, 0.4) is 0 Å². The van der Waals surface area contributed by atoms with E-state index in [-0.39, 0.29) is 24.3 Å². The van der Waals surface area contributed by atoms with E-state index >= 15 is 0 Å². The maximum absolute atomic E-state index is 13.9. The number of benzene rings is 2. The number of hydrogen-bond acceptors (Lipinski definition) is 5. The maximum Gasteiger partial charge on any atom is 0.283 e. The van der Waals surface area contributed by atoms with Crippen molar-refractivity contribution in [3.63, 3.8) is 0 Å². The molecule has 29 heavy (non-hydrogen) atoms. The number of carbonyl (C=O) groups is 1. The molecule has 0 saturated carbocycles. The lowest BCUT2D eigenvalue weighted by Crippen LogP contribution is -2.28. The van der Waals surface area contributed by atoms with Gasteiger partial charge in [0.15, 0.2) is 11.2 Å². The quantitative estimate of drug-likeness (QED) is 0.557. The minimum absolute atomic E-state index is 0.0292. The monoisotopic (exact) mass is 396 g/mol. The first kappa shape index (κ1) is 18.4. The lowest BCUT2D eigenvalue weighted by Gasteiger charge is -2.07. The Kier molecular flexibility index (Phi) is 4.82. The molecule has 1 amide bonds. The largest absolute Gasteiger partial charge is 0.325 e. The number of aromatic nitrogens is 5. The summed E-state index contributed by atoms with van der Waals surface area (Å²) in [6.45, 7) is -0.246. The number of amides is 1. The second kappa shape index (κ2) is 7.58. The van der Waals surface area contributed by atoms with Crippen LogP contribution in [0.15, 0.2) is 59.7 Å². The number of fused-ring (bicyclic) bond motifs is 1. The molecule has 0 atom stereocenters. The van der Waals surface area contributed by atoms with Gasteiger partial charge >= 0.3 is 0 Å².